The number of imidazole rings is 1. The van der Waals surface area contributed by atoms with Crippen LogP contribution in [0.25, 0.3) is 21.9 Å². The number of hydrogen-bond donors (Lipinski definition) is 2. The van der Waals surface area contributed by atoms with Crippen LogP contribution in [0.15, 0.2) is 48.5 Å². The molecule has 0 radical (unpaired) electrons. The van der Waals surface area contributed by atoms with Gasteiger partial charge in [-0.25, -0.2) is 14.5 Å². The molecule has 232 valence electrons. The van der Waals surface area contributed by atoms with E-state index >= 15 is 0 Å². The summed E-state index contributed by atoms with van der Waals surface area (Å²) >= 11 is 0. The Labute approximate surface area is 251 Å². The molecule has 3 N–H and O–H groups in total. The first-order chi connectivity index (χ1) is 20.3. The Bertz CT molecular complexity index is 1620. The lowest BCUT2D eigenvalue weighted by molar-refractivity contribution is -0.156. The molecule has 0 aliphatic heterocycles. The molecule has 0 spiro atoms. The predicted octanol–water partition coefficient (Wildman–Crippen LogP) is 5.62. The number of esters is 1. The number of benzene rings is 2. The zero-order valence-electron chi connectivity index (χ0n) is 25.6. The molecule has 0 aliphatic carbocycles. The second kappa shape index (κ2) is 13.3. The Morgan fingerprint density at radius 3 is 2.40 bits per heavy atom. The molecule has 2 aromatic carbocycles. The summed E-state index contributed by atoms with van der Waals surface area (Å²) in [5.41, 5.74) is 7.59. The van der Waals surface area contributed by atoms with Crippen LogP contribution in [0, 0.1) is 0 Å². The third-order valence-electron chi connectivity index (χ3n) is 6.28. The van der Waals surface area contributed by atoms with Crippen molar-refractivity contribution in [1.82, 2.24) is 19.6 Å². The highest BCUT2D eigenvalue weighted by Crippen LogP contribution is 2.47. The van der Waals surface area contributed by atoms with E-state index in [1.807, 2.05) is 35.8 Å². The standard InChI is InChI=1S/C30H40N5O7P/c1-8-39-18-25-33-26-27(23-11-9-10-12-24(23)32-28(26)31)35(25)17-19(2)41-43(37,34-20(3)29(36)40-30(4,5)6)42-22-15-13-21(38-7)14-16-22/h9-16,19-20H,8,17-18H2,1-7H3,(H2,31,32)(H,34,37)/t19-,20+,43+/m1/s1. The number of para-hydroxylation sites is 1. The van der Waals surface area contributed by atoms with E-state index in [-0.39, 0.29) is 18.9 Å². The van der Waals surface area contributed by atoms with Crippen LogP contribution in [-0.2, 0) is 36.5 Å². The average Bonchev–Trinajstić information content (AvgIpc) is 3.29. The van der Waals surface area contributed by atoms with Crippen LogP contribution in [0.3, 0.4) is 0 Å². The highest BCUT2D eigenvalue weighted by molar-refractivity contribution is 7.52. The largest absolute Gasteiger partial charge is 0.497 e. The van der Waals surface area contributed by atoms with Crippen molar-refractivity contribution in [2.24, 2.45) is 0 Å². The minimum atomic E-state index is -4.16. The molecular weight excluding hydrogens is 573 g/mol. The van der Waals surface area contributed by atoms with E-state index in [0.717, 1.165) is 10.9 Å². The summed E-state index contributed by atoms with van der Waals surface area (Å²) in [5, 5.41) is 3.60. The van der Waals surface area contributed by atoms with Gasteiger partial charge < -0.3 is 29.0 Å². The first-order valence-corrected chi connectivity index (χ1v) is 15.6. The van der Waals surface area contributed by atoms with Gasteiger partial charge in [0, 0.05) is 12.0 Å². The Balaban J connectivity index is 1.68. The van der Waals surface area contributed by atoms with Crippen LogP contribution in [0.4, 0.5) is 5.82 Å². The summed E-state index contributed by atoms with van der Waals surface area (Å²) in [6.45, 7) is 11.4. The lowest BCUT2D eigenvalue weighted by Crippen LogP contribution is -2.39. The van der Waals surface area contributed by atoms with Gasteiger partial charge in [-0.2, -0.15) is 5.09 Å². The first-order valence-electron chi connectivity index (χ1n) is 14.1. The number of nitrogen functional groups attached to an aromatic ring is 1. The van der Waals surface area contributed by atoms with Gasteiger partial charge in [0.1, 0.15) is 41.1 Å². The highest BCUT2D eigenvalue weighted by Gasteiger charge is 2.35. The van der Waals surface area contributed by atoms with Gasteiger partial charge in [-0.1, -0.05) is 18.2 Å². The van der Waals surface area contributed by atoms with Gasteiger partial charge in [-0.15, -0.1) is 0 Å². The van der Waals surface area contributed by atoms with E-state index < -0.39 is 31.5 Å². The van der Waals surface area contributed by atoms with Gasteiger partial charge in [0.15, 0.2) is 5.82 Å². The smallest absolute Gasteiger partial charge is 0.459 e. The number of carbonyl (C=O) groups is 1. The first kappa shape index (κ1) is 32.2. The third-order valence-corrected chi connectivity index (χ3v) is 8.07. The number of nitrogens with zero attached hydrogens (tertiary/aromatic N) is 3. The van der Waals surface area contributed by atoms with Crippen molar-refractivity contribution in [2.45, 2.75) is 72.4 Å². The second-order valence-corrected chi connectivity index (χ2v) is 12.7. The van der Waals surface area contributed by atoms with Crippen LogP contribution in [0.1, 0.15) is 47.4 Å². The van der Waals surface area contributed by atoms with Crippen molar-refractivity contribution in [3.8, 4) is 11.5 Å². The number of methoxy groups -OCH3 is 1. The summed E-state index contributed by atoms with van der Waals surface area (Å²) < 4.78 is 44.6. The fourth-order valence-corrected chi connectivity index (χ4v) is 6.14. The number of fused-ring (bicyclic) bond motifs is 3. The summed E-state index contributed by atoms with van der Waals surface area (Å²) in [6.07, 6.45) is -0.701. The molecule has 0 unspecified atom stereocenters. The molecule has 2 heterocycles. The Hall–Kier alpha value is -3.70. The van der Waals surface area contributed by atoms with Crippen LogP contribution in [-0.4, -0.2) is 52.0 Å². The van der Waals surface area contributed by atoms with Crippen LogP contribution < -0.4 is 20.1 Å². The molecule has 2 aromatic heterocycles. The predicted molar refractivity (Wildman–Crippen MR) is 165 cm³/mol. The molecule has 13 heteroatoms. The average molecular weight is 614 g/mol. The summed E-state index contributed by atoms with van der Waals surface area (Å²) in [5.74, 6) is 1.16. The van der Waals surface area contributed by atoms with Gasteiger partial charge in [0.25, 0.3) is 0 Å². The highest BCUT2D eigenvalue weighted by atomic mass is 31.2. The fourth-order valence-electron chi connectivity index (χ4n) is 4.47. The molecule has 0 saturated carbocycles. The van der Waals surface area contributed by atoms with Crippen molar-refractivity contribution < 1.29 is 32.6 Å². The number of ether oxygens (including phenoxy) is 3. The molecule has 0 amide bonds. The van der Waals surface area contributed by atoms with Gasteiger partial charge in [-0.3, -0.25) is 9.32 Å². The second-order valence-electron chi connectivity index (χ2n) is 11.1. The minimum Gasteiger partial charge on any atom is -0.497 e. The zero-order valence-corrected chi connectivity index (χ0v) is 26.5. The monoisotopic (exact) mass is 613 g/mol. The number of nitrogens with two attached hydrogens (primary N) is 1. The van der Waals surface area contributed by atoms with E-state index in [4.69, 9.17) is 34.0 Å². The number of anilines is 1. The van der Waals surface area contributed by atoms with Crippen LogP contribution in [0.5, 0.6) is 11.5 Å². The maximum absolute atomic E-state index is 14.3. The molecular formula is C30H40N5O7P. The minimum absolute atomic E-state index is 0.213. The quantitative estimate of drug-likeness (QED) is 0.143. The number of pyridine rings is 1. The number of carbonyl (C=O) groups excluding carboxylic acids is 1. The molecule has 43 heavy (non-hydrogen) atoms. The lowest BCUT2D eigenvalue weighted by atomic mass is 10.2. The van der Waals surface area contributed by atoms with Gasteiger partial charge in [0.05, 0.1) is 30.8 Å². The van der Waals surface area contributed by atoms with Crippen molar-refractivity contribution in [3.05, 3.63) is 54.4 Å². The van der Waals surface area contributed by atoms with Crippen molar-refractivity contribution in [3.63, 3.8) is 0 Å². The van der Waals surface area contributed by atoms with E-state index in [2.05, 4.69) is 10.1 Å². The molecule has 0 saturated heterocycles. The van der Waals surface area contributed by atoms with E-state index in [9.17, 15) is 9.36 Å². The van der Waals surface area contributed by atoms with Crippen LogP contribution >= 0.6 is 7.75 Å². The maximum atomic E-state index is 14.3. The van der Waals surface area contributed by atoms with E-state index in [1.165, 1.54) is 6.92 Å². The number of rotatable bonds is 13. The van der Waals surface area contributed by atoms with Crippen LogP contribution in [0.2, 0.25) is 0 Å². The Morgan fingerprint density at radius 1 is 1.07 bits per heavy atom. The van der Waals surface area contributed by atoms with E-state index in [1.54, 1.807) is 59.1 Å². The molecule has 4 aromatic rings. The van der Waals surface area contributed by atoms with Crippen molar-refractivity contribution in [1.29, 1.82) is 0 Å². The molecule has 0 aliphatic rings. The number of nitrogens with one attached hydrogen (secondary N) is 1. The Morgan fingerprint density at radius 2 is 1.74 bits per heavy atom. The molecule has 3 atom stereocenters. The van der Waals surface area contributed by atoms with Gasteiger partial charge >= 0.3 is 13.7 Å². The van der Waals surface area contributed by atoms with Crippen molar-refractivity contribution in [2.75, 3.05) is 19.5 Å². The third kappa shape index (κ3) is 8.03. The van der Waals surface area contributed by atoms with E-state index in [0.29, 0.717) is 35.0 Å². The molecule has 0 fully saturated rings. The lowest BCUT2D eigenvalue weighted by Gasteiger charge is -2.28. The van der Waals surface area contributed by atoms with Crippen molar-refractivity contribution >= 4 is 41.5 Å². The van der Waals surface area contributed by atoms with Gasteiger partial charge in [-0.05, 0) is 71.9 Å². The summed E-state index contributed by atoms with van der Waals surface area (Å²) in [7, 11) is -2.62. The molecule has 4 rings (SSSR count). The molecule has 0 bridgehead atoms. The zero-order chi connectivity index (χ0) is 31.4. The fraction of sp³-hybridized carbons (Fsp3) is 0.433. The Kier molecular flexibility index (Phi) is 9.96. The van der Waals surface area contributed by atoms with Gasteiger partial charge in [0.2, 0.25) is 0 Å². The molecule has 12 nitrogen and oxygen atoms in total. The summed E-state index contributed by atoms with van der Waals surface area (Å²) in [6, 6.07) is 13.2. The summed E-state index contributed by atoms with van der Waals surface area (Å²) in [4.78, 5) is 22.0. The SMILES string of the molecule is CCOCc1nc2c(N)nc3ccccc3c2n1C[C@@H](C)O[P@@](=O)(N[C@@H](C)C(=O)OC(C)(C)C)Oc1ccc(OC)cc1. The normalized spacial score (nSPS) is 14.8. The number of aromatic nitrogens is 3. The number of hydrogen-bond acceptors (Lipinski definition) is 10. The maximum Gasteiger partial charge on any atom is 0.459 e. The topological polar surface area (TPSA) is 149 Å².